The molecule has 0 radical (unpaired) electrons. The molecule has 1 aromatic rings. The Morgan fingerprint density at radius 2 is 1.77 bits per heavy atom. The molecule has 166 valence electrons. The molecule has 1 amide bonds. The predicted octanol–water partition coefficient (Wildman–Crippen LogP) is 3.00. The summed E-state index contributed by atoms with van der Waals surface area (Å²) in [7, 11) is -3.10. The fraction of sp³-hybridized carbons (Fsp3) is 0.696. The first-order valence-electron chi connectivity index (χ1n) is 11.5. The average molecular weight is 434 g/mol. The summed E-state index contributed by atoms with van der Waals surface area (Å²) in [6.45, 7) is 6.13. The van der Waals surface area contributed by atoms with E-state index in [2.05, 4.69) is 34.7 Å². The third-order valence-corrected chi connectivity index (χ3v) is 8.85. The number of amides is 1. The minimum Gasteiger partial charge on any atom is -0.347 e. The Morgan fingerprint density at radius 3 is 2.47 bits per heavy atom. The van der Waals surface area contributed by atoms with E-state index in [9.17, 15) is 13.2 Å². The summed E-state index contributed by atoms with van der Waals surface area (Å²) < 4.78 is 26.8. The number of aromatic nitrogens is 1. The minimum atomic E-state index is -3.10. The van der Waals surface area contributed by atoms with Gasteiger partial charge in [-0.05, 0) is 70.3 Å². The SMILES string of the molecule is Cc1cc(/C=C/C(=O)NC2CS(=O)(=O)CC2N2CCCC2)c(C)n1C1CCCCC1. The molecule has 6 nitrogen and oxygen atoms in total. The number of sulfone groups is 1. The molecule has 2 saturated heterocycles. The van der Waals surface area contributed by atoms with Crippen molar-refractivity contribution in [2.24, 2.45) is 0 Å². The van der Waals surface area contributed by atoms with Gasteiger partial charge in [-0.3, -0.25) is 9.69 Å². The van der Waals surface area contributed by atoms with Crippen molar-refractivity contribution in [2.75, 3.05) is 24.6 Å². The Kier molecular flexibility index (Phi) is 6.39. The maximum Gasteiger partial charge on any atom is 0.244 e. The van der Waals surface area contributed by atoms with Gasteiger partial charge in [0, 0.05) is 29.5 Å². The third kappa shape index (κ3) is 4.67. The zero-order valence-corrected chi connectivity index (χ0v) is 19.1. The van der Waals surface area contributed by atoms with Crippen LogP contribution in [0, 0.1) is 13.8 Å². The van der Waals surface area contributed by atoms with E-state index in [4.69, 9.17) is 0 Å². The lowest BCUT2D eigenvalue weighted by molar-refractivity contribution is -0.117. The van der Waals surface area contributed by atoms with Gasteiger partial charge in [0.2, 0.25) is 5.91 Å². The van der Waals surface area contributed by atoms with Crippen LogP contribution in [0.5, 0.6) is 0 Å². The molecule has 4 rings (SSSR count). The van der Waals surface area contributed by atoms with Crippen LogP contribution in [0.3, 0.4) is 0 Å². The van der Waals surface area contributed by atoms with Gasteiger partial charge in [-0.25, -0.2) is 8.42 Å². The molecule has 0 aromatic carbocycles. The highest BCUT2D eigenvalue weighted by atomic mass is 32.2. The molecule has 3 heterocycles. The summed E-state index contributed by atoms with van der Waals surface area (Å²) in [6, 6.07) is 2.31. The molecule has 7 heteroatoms. The lowest BCUT2D eigenvalue weighted by Gasteiger charge is -2.28. The van der Waals surface area contributed by atoms with E-state index in [1.165, 1.54) is 43.5 Å². The van der Waals surface area contributed by atoms with Gasteiger partial charge < -0.3 is 9.88 Å². The summed E-state index contributed by atoms with van der Waals surface area (Å²) >= 11 is 0. The number of likely N-dealkylation sites (tertiary alicyclic amines) is 1. The lowest BCUT2D eigenvalue weighted by Crippen LogP contribution is -2.49. The molecule has 1 aliphatic carbocycles. The Balaban J connectivity index is 1.43. The van der Waals surface area contributed by atoms with Crippen LogP contribution < -0.4 is 5.32 Å². The summed E-state index contributed by atoms with van der Waals surface area (Å²) in [5, 5.41) is 2.98. The monoisotopic (exact) mass is 433 g/mol. The van der Waals surface area contributed by atoms with E-state index in [-0.39, 0.29) is 29.5 Å². The topological polar surface area (TPSA) is 71.4 Å². The molecule has 2 aliphatic heterocycles. The third-order valence-electron chi connectivity index (χ3n) is 7.14. The van der Waals surface area contributed by atoms with Crippen molar-refractivity contribution in [1.82, 2.24) is 14.8 Å². The molecule has 3 aliphatic rings. The van der Waals surface area contributed by atoms with Crippen molar-refractivity contribution < 1.29 is 13.2 Å². The van der Waals surface area contributed by atoms with Gasteiger partial charge in [0.1, 0.15) is 0 Å². The molecule has 2 atom stereocenters. The van der Waals surface area contributed by atoms with Crippen LogP contribution in [0.2, 0.25) is 0 Å². The summed E-state index contributed by atoms with van der Waals surface area (Å²) in [6.07, 6.45) is 12.0. The van der Waals surface area contributed by atoms with E-state index in [0.29, 0.717) is 6.04 Å². The van der Waals surface area contributed by atoms with Gasteiger partial charge >= 0.3 is 0 Å². The highest BCUT2D eigenvalue weighted by Crippen LogP contribution is 2.32. The number of carbonyl (C=O) groups excluding carboxylic acids is 1. The predicted molar refractivity (Wildman–Crippen MR) is 120 cm³/mol. The number of rotatable bonds is 5. The molecule has 1 N–H and O–H groups in total. The number of nitrogens with one attached hydrogen (secondary N) is 1. The Morgan fingerprint density at radius 1 is 1.07 bits per heavy atom. The normalized spacial score (nSPS) is 27.8. The van der Waals surface area contributed by atoms with Gasteiger partial charge in [-0.1, -0.05) is 19.3 Å². The molecule has 2 unspecified atom stereocenters. The van der Waals surface area contributed by atoms with Gasteiger partial charge in [0.25, 0.3) is 0 Å². The largest absolute Gasteiger partial charge is 0.347 e. The van der Waals surface area contributed by atoms with Gasteiger partial charge in [0.05, 0.1) is 17.5 Å². The van der Waals surface area contributed by atoms with Crippen LogP contribution in [0.25, 0.3) is 6.08 Å². The zero-order valence-electron chi connectivity index (χ0n) is 18.3. The van der Waals surface area contributed by atoms with Crippen LogP contribution in [0.15, 0.2) is 12.1 Å². The molecular formula is C23H35N3O3S. The minimum absolute atomic E-state index is 0.0456. The second-order valence-corrected chi connectivity index (χ2v) is 11.5. The fourth-order valence-corrected chi connectivity index (χ4v) is 7.62. The zero-order chi connectivity index (χ0) is 21.3. The average Bonchev–Trinajstić information content (AvgIpc) is 3.39. The van der Waals surface area contributed by atoms with Crippen molar-refractivity contribution in [1.29, 1.82) is 0 Å². The summed E-state index contributed by atoms with van der Waals surface area (Å²) in [5.41, 5.74) is 3.53. The quantitative estimate of drug-likeness (QED) is 0.725. The summed E-state index contributed by atoms with van der Waals surface area (Å²) in [5.74, 6) is -0.00232. The highest BCUT2D eigenvalue weighted by Gasteiger charge is 2.42. The molecular weight excluding hydrogens is 398 g/mol. The second-order valence-electron chi connectivity index (χ2n) is 9.32. The van der Waals surface area contributed by atoms with Crippen LogP contribution >= 0.6 is 0 Å². The number of nitrogens with zero attached hydrogens (tertiary/aromatic N) is 2. The van der Waals surface area contributed by atoms with E-state index in [1.807, 2.05) is 6.08 Å². The van der Waals surface area contributed by atoms with Crippen LogP contribution in [-0.2, 0) is 14.6 Å². The smallest absolute Gasteiger partial charge is 0.244 e. The van der Waals surface area contributed by atoms with E-state index in [1.54, 1.807) is 6.08 Å². The maximum atomic E-state index is 12.6. The highest BCUT2D eigenvalue weighted by molar-refractivity contribution is 7.91. The van der Waals surface area contributed by atoms with E-state index in [0.717, 1.165) is 31.5 Å². The number of carbonyl (C=O) groups is 1. The number of hydrogen-bond donors (Lipinski definition) is 1. The van der Waals surface area contributed by atoms with E-state index >= 15 is 0 Å². The van der Waals surface area contributed by atoms with Crippen molar-refractivity contribution in [3.8, 4) is 0 Å². The Hall–Kier alpha value is -1.60. The molecule has 0 bridgehead atoms. The molecule has 1 saturated carbocycles. The molecule has 1 aromatic heterocycles. The summed E-state index contributed by atoms with van der Waals surface area (Å²) in [4.78, 5) is 14.9. The standard InChI is InChI=1S/C23H35N3O3S/c1-17-14-19(18(2)26(17)20-8-4-3-5-9-20)10-11-23(27)24-21-15-30(28,29)16-22(21)25-12-6-7-13-25/h10-11,14,20-22H,3-9,12-13,15-16H2,1-2H3,(H,24,27)/b11-10+. The Labute approximate surface area is 180 Å². The number of hydrogen-bond acceptors (Lipinski definition) is 4. The van der Waals surface area contributed by atoms with Crippen LogP contribution in [0.4, 0.5) is 0 Å². The van der Waals surface area contributed by atoms with Crippen molar-refractivity contribution in [3.63, 3.8) is 0 Å². The molecule has 3 fully saturated rings. The van der Waals surface area contributed by atoms with Gasteiger partial charge in [-0.2, -0.15) is 0 Å². The van der Waals surface area contributed by atoms with Crippen molar-refractivity contribution in [2.45, 2.75) is 76.9 Å². The fourth-order valence-electron chi connectivity index (χ4n) is 5.67. The second kappa shape index (κ2) is 8.87. The van der Waals surface area contributed by atoms with Gasteiger partial charge in [0.15, 0.2) is 9.84 Å². The first-order chi connectivity index (χ1) is 14.3. The van der Waals surface area contributed by atoms with Crippen LogP contribution in [-0.4, -0.2) is 60.5 Å². The lowest BCUT2D eigenvalue weighted by atomic mass is 9.95. The van der Waals surface area contributed by atoms with Crippen LogP contribution in [0.1, 0.15) is 67.9 Å². The van der Waals surface area contributed by atoms with Crippen molar-refractivity contribution in [3.05, 3.63) is 29.1 Å². The number of aryl methyl sites for hydroxylation is 1. The van der Waals surface area contributed by atoms with Gasteiger partial charge in [-0.15, -0.1) is 0 Å². The molecule has 30 heavy (non-hydrogen) atoms. The first kappa shape index (κ1) is 21.6. The Bertz CT molecular complexity index is 906. The first-order valence-corrected chi connectivity index (χ1v) is 13.3. The van der Waals surface area contributed by atoms with Crippen molar-refractivity contribution >= 4 is 21.8 Å². The maximum absolute atomic E-state index is 12.6. The van der Waals surface area contributed by atoms with E-state index < -0.39 is 9.84 Å². The molecule has 0 spiro atoms.